The number of rotatable bonds is 6. The Morgan fingerprint density at radius 1 is 1.43 bits per heavy atom. The standard InChI is InChI=1S/C20H25N5O3S2/c1-12(29-19-24-23-18(30-19)21-11-13-7-6-10-28-13)16(26)25-15-9-5-4-8-14(15)22-17(27)20(25,2)3/h4-5,8-9,12-13H,6-7,10-11H2,1-3H3,(H,21,23)(H,22,27)/t12-,13+/m1/s1. The van der Waals surface area contributed by atoms with Gasteiger partial charge in [0, 0.05) is 13.2 Å². The molecule has 0 aliphatic carbocycles. The molecule has 8 nitrogen and oxygen atoms in total. The molecule has 2 aliphatic rings. The molecule has 10 heteroatoms. The number of fused-ring (bicyclic) bond motifs is 1. The van der Waals surface area contributed by atoms with Crippen LogP contribution < -0.4 is 15.5 Å². The summed E-state index contributed by atoms with van der Waals surface area (Å²) in [5.41, 5.74) is 0.356. The van der Waals surface area contributed by atoms with Gasteiger partial charge in [-0.05, 0) is 45.7 Å². The van der Waals surface area contributed by atoms with Crippen LogP contribution in [0.4, 0.5) is 16.5 Å². The molecule has 2 aliphatic heterocycles. The lowest BCUT2D eigenvalue weighted by Crippen LogP contribution is -2.60. The van der Waals surface area contributed by atoms with E-state index < -0.39 is 10.8 Å². The van der Waals surface area contributed by atoms with E-state index in [-0.39, 0.29) is 17.9 Å². The van der Waals surface area contributed by atoms with E-state index in [4.69, 9.17) is 4.74 Å². The van der Waals surface area contributed by atoms with Crippen LogP contribution in [0.1, 0.15) is 33.6 Å². The minimum absolute atomic E-state index is 0.142. The second-order valence-corrected chi connectivity index (χ2v) is 10.4. The Balaban J connectivity index is 1.45. The number of aromatic nitrogens is 2. The summed E-state index contributed by atoms with van der Waals surface area (Å²) in [5, 5.41) is 14.8. The number of hydrogen-bond donors (Lipinski definition) is 2. The highest BCUT2D eigenvalue weighted by Gasteiger charge is 2.44. The normalized spacial score (nSPS) is 21.1. The van der Waals surface area contributed by atoms with Crippen LogP contribution in [0, 0.1) is 0 Å². The molecule has 0 bridgehead atoms. The predicted molar refractivity (Wildman–Crippen MR) is 119 cm³/mol. The maximum Gasteiger partial charge on any atom is 0.250 e. The summed E-state index contributed by atoms with van der Waals surface area (Å²) in [4.78, 5) is 27.6. The summed E-state index contributed by atoms with van der Waals surface area (Å²) in [6.45, 7) is 6.87. The second kappa shape index (κ2) is 8.52. The summed E-state index contributed by atoms with van der Waals surface area (Å²) in [5.74, 6) is -0.348. The lowest BCUT2D eigenvalue weighted by atomic mass is 9.96. The number of carbonyl (C=O) groups is 2. The topological polar surface area (TPSA) is 96.5 Å². The van der Waals surface area contributed by atoms with Crippen molar-refractivity contribution in [1.29, 1.82) is 0 Å². The van der Waals surface area contributed by atoms with Gasteiger partial charge in [-0.2, -0.15) is 0 Å². The minimum Gasteiger partial charge on any atom is -0.376 e. The van der Waals surface area contributed by atoms with Gasteiger partial charge in [-0.15, -0.1) is 10.2 Å². The fraction of sp³-hybridized carbons (Fsp3) is 0.500. The summed E-state index contributed by atoms with van der Waals surface area (Å²) in [7, 11) is 0. The van der Waals surface area contributed by atoms with Gasteiger partial charge in [0.15, 0.2) is 4.34 Å². The van der Waals surface area contributed by atoms with Crippen LogP contribution in [0.15, 0.2) is 28.6 Å². The molecule has 3 heterocycles. The third-order valence-electron chi connectivity index (χ3n) is 5.26. The zero-order chi connectivity index (χ0) is 21.3. The number of carbonyl (C=O) groups excluding carboxylic acids is 2. The molecule has 0 saturated carbocycles. The highest BCUT2D eigenvalue weighted by molar-refractivity contribution is 8.02. The number of nitrogens with one attached hydrogen (secondary N) is 2. The number of amides is 2. The molecule has 1 fully saturated rings. The van der Waals surface area contributed by atoms with E-state index in [1.54, 1.807) is 24.8 Å². The van der Waals surface area contributed by atoms with Gasteiger partial charge in [-0.25, -0.2) is 0 Å². The van der Waals surface area contributed by atoms with Crippen LogP contribution >= 0.6 is 23.1 Å². The first-order chi connectivity index (χ1) is 14.4. The van der Waals surface area contributed by atoms with Crippen molar-refractivity contribution in [3.63, 3.8) is 0 Å². The molecule has 2 N–H and O–H groups in total. The minimum atomic E-state index is -0.991. The maximum absolute atomic E-state index is 13.4. The van der Waals surface area contributed by atoms with Gasteiger partial charge in [0.1, 0.15) is 5.54 Å². The van der Waals surface area contributed by atoms with Crippen LogP contribution in [0.25, 0.3) is 0 Å². The monoisotopic (exact) mass is 447 g/mol. The number of nitrogens with zero attached hydrogens (tertiary/aromatic N) is 3. The first kappa shape index (κ1) is 21.1. The Labute approximate surface area is 183 Å². The number of ether oxygens (including phenoxy) is 1. The van der Waals surface area contributed by atoms with Gasteiger partial charge in [0.05, 0.1) is 22.7 Å². The summed E-state index contributed by atoms with van der Waals surface area (Å²) in [6.07, 6.45) is 2.37. The van der Waals surface area contributed by atoms with Crippen LogP contribution in [0.2, 0.25) is 0 Å². The van der Waals surface area contributed by atoms with E-state index in [0.717, 1.165) is 24.6 Å². The van der Waals surface area contributed by atoms with Gasteiger partial charge in [0.25, 0.3) is 0 Å². The fourth-order valence-electron chi connectivity index (χ4n) is 3.57. The summed E-state index contributed by atoms with van der Waals surface area (Å²) >= 11 is 2.77. The van der Waals surface area contributed by atoms with Gasteiger partial charge in [0.2, 0.25) is 16.9 Å². The molecule has 4 rings (SSSR count). The number of hydrogen-bond acceptors (Lipinski definition) is 8. The Bertz CT molecular complexity index is 942. The molecule has 0 radical (unpaired) electrons. The lowest BCUT2D eigenvalue weighted by Gasteiger charge is -2.42. The third-order valence-corrected chi connectivity index (χ3v) is 7.32. The smallest absolute Gasteiger partial charge is 0.250 e. The van der Waals surface area contributed by atoms with Crippen LogP contribution in [-0.4, -0.2) is 52.1 Å². The van der Waals surface area contributed by atoms with Crippen molar-refractivity contribution in [1.82, 2.24) is 10.2 Å². The van der Waals surface area contributed by atoms with E-state index in [0.29, 0.717) is 22.3 Å². The Morgan fingerprint density at radius 3 is 3.00 bits per heavy atom. The van der Waals surface area contributed by atoms with Gasteiger partial charge < -0.3 is 15.4 Å². The maximum atomic E-state index is 13.4. The van der Waals surface area contributed by atoms with Crippen molar-refractivity contribution < 1.29 is 14.3 Å². The van der Waals surface area contributed by atoms with Crippen molar-refractivity contribution in [3.8, 4) is 0 Å². The Morgan fingerprint density at radius 2 is 2.23 bits per heavy atom. The summed E-state index contributed by atoms with van der Waals surface area (Å²) < 4.78 is 6.31. The molecule has 160 valence electrons. The summed E-state index contributed by atoms with van der Waals surface area (Å²) in [6, 6.07) is 7.35. The first-order valence-corrected chi connectivity index (χ1v) is 11.7. The van der Waals surface area contributed by atoms with E-state index in [1.165, 1.54) is 23.1 Å². The van der Waals surface area contributed by atoms with Crippen LogP contribution in [0.5, 0.6) is 0 Å². The number of anilines is 3. The molecule has 0 unspecified atom stereocenters. The number of benzene rings is 1. The molecule has 30 heavy (non-hydrogen) atoms. The molecule has 1 aromatic heterocycles. The van der Waals surface area contributed by atoms with Gasteiger partial charge in [-0.3, -0.25) is 14.5 Å². The number of para-hydroxylation sites is 2. The predicted octanol–water partition coefficient (Wildman–Crippen LogP) is 3.37. The molecule has 1 aromatic carbocycles. The van der Waals surface area contributed by atoms with Crippen LogP contribution in [0.3, 0.4) is 0 Å². The van der Waals surface area contributed by atoms with Crippen molar-refractivity contribution >= 4 is 51.4 Å². The molecule has 0 spiro atoms. The molecular formula is C20H25N5O3S2. The van der Waals surface area contributed by atoms with Crippen molar-refractivity contribution in [2.45, 2.75) is 54.8 Å². The van der Waals surface area contributed by atoms with Gasteiger partial charge >= 0.3 is 0 Å². The second-order valence-electron chi connectivity index (χ2n) is 7.85. The highest BCUT2D eigenvalue weighted by atomic mass is 32.2. The van der Waals surface area contributed by atoms with Gasteiger partial charge in [-0.1, -0.05) is 35.2 Å². The van der Waals surface area contributed by atoms with Crippen molar-refractivity contribution in [2.24, 2.45) is 0 Å². The zero-order valence-corrected chi connectivity index (χ0v) is 18.8. The fourth-order valence-corrected chi connectivity index (χ4v) is 5.51. The molecule has 2 atom stereocenters. The average molecular weight is 448 g/mol. The first-order valence-electron chi connectivity index (χ1n) is 9.96. The molecule has 2 amide bonds. The van der Waals surface area contributed by atoms with E-state index in [1.807, 2.05) is 25.1 Å². The molecule has 2 aromatic rings. The number of thioether (sulfide) groups is 1. The lowest BCUT2D eigenvalue weighted by molar-refractivity contribution is -0.126. The van der Waals surface area contributed by atoms with Crippen molar-refractivity contribution in [2.75, 3.05) is 28.7 Å². The SMILES string of the molecule is C[C@@H](Sc1nnc(NC[C@@H]2CCCO2)s1)C(=O)N1c2ccccc2NC(=O)C1(C)C. The van der Waals surface area contributed by atoms with Crippen LogP contribution in [-0.2, 0) is 14.3 Å². The molecule has 1 saturated heterocycles. The Hall–Kier alpha value is -2.17. The quantitative estimate of drug-likeness (QED) is 0.655. The van der Waals surface area contributed by atoms with Crippen molar-refractivity contribution in [3.05, 3.63) is 24.3 Å². The third kappa shape index (κ3) is 4.17. The average Bonchev–Trinajstić information content (AvgIpc) is 3.38. The highest BCUT2D eigenvalue weighted by Crippen LogP contribution is 2.39. The van der Waals surface area contributed by atoms with E-state index in [2.05, 4.69) is 20.8 Å². The zero-order valence-electron chi connectivity index (χ0n) is 17.2. The van der Waals surface area contributed by atoms with E-state index >= 15 is 0 Å². The Kier molecular flexibility index (Phi) is 5.99. The largest absolute Gasteiger partial charge is 0.376 e. The molecular weight excluding hydrogens is 422 g/mol. The van der Waals surface area contributed by atoms with E-state index in [9.17, 15) is 9.59 Å².